The van der Waals surface area contributed by atoms with Crippen LogP contribution in [-0.4, -0.2) is 60.9 Å². The summed E-state index contributed by atoms with van der Waals surface area (Å²) >= 11 is 12.0. The van der Waals surface area contributed by atoms with E-state index in [1.807, 2.05) is 17.9 Å². The average molecular weight is 355 g/mol. The Morgan fingerprint density at radius 2 is 2.00 bits per heavy atom. The van der Waals surface area contributed by atoms with Crippen LogP contribution in [0.3, 0.4) is 0 Å². The Bertz CT molecular complexity index is 768. The molecule has 2 fully saturated rings. The standard InChI is InChI=1S/C14H16Cl2N6O/c1-9-6-11(22-13(19-9)17-8-18-22)20-2-4-21(5-3-20)12(23)10-7-14(10,15)16/h6,8,10H,2-5,7H2,1H3. The number of piperazine rings is 1. The van der Waals surface area contributed by atoms with Crippen LogP contribution in [0.25, 0.3) is 5.78 Å². The molecule has 0 radical (unpaired) electrons. The lowest BCUT2D eigenvalue weighted by Gasteiger charge is -2.36. The highest BCUT2D eigenvalue weighted by Gasteiger charge is 2.57. The Hall–Kier alpha value is -1.60. The molecular weight excluding hydrogens is 339 g/mol. The van der Waals surface area contributed by atoms with Crippen LogP contribution in [0.15, 0.2) is 12.4 Å². The Kier molecular flexibility index (Phi) is 3.39. The van der Waals surface area contributed by atoms with E-state index in [1.54, 1.807) is 4.52 Å². The second-order valence-electron chi connectivity index (χ2n) is 6.06. The molecule has 1 aliphatic heterocycles. The number of aryl methyl sites for hydroxylation is 1. The van der Waals surface area contributed by atoms with Gasteiger partial charge in [0, 0.05) is 37.9 Å². The molecule has 2 aliphatic rings. The smallest absolute Gasteiger partial charge is 0.254 e. The highest BCUT2D eigenvalue weighted by molar-refractivity contribution is 6.52. The molecule has 1 unspecified atom stereocenters. The Morgan fingerprint density at radius 1 is 1.30 bits per heavy atom. The van der Waals surface area contributed by atoms with E-state index in [4.69, 9.17) is 23.2 Å². The number of aromatic nitrogens is 4. The van der Waals surface area contributed by atoms with Gasteiger partial charge in [-0.05, 0) is 13.3 Å². The minimum absolute atomic E-state index is 0.0615. The van der Waals surface area contributed by atoms with Crippen molar-refractivity contribution in [1.82, 2.24) is 24.5 Å². The number of hydrogen-bond acceptors (Lipinski definition) is 5. The summed E-state index contributed by atoms with van der Waals surface area (Å²) in [6.45, 7) is 4.70. The van der Waals surface area contributed by atoms with Gasteiger partial charge in [-0.1, -0.05) is 0 Å². The first kappa shape index (κ1) is 15.0. The minimum Gasteiger partial charge on any atom is -0.353 e. The van der Waals surface area contributed by atoms with Crippen LogP contribution in [0.5, 0.6) is 0 Å². The second-order valence-corrected chi connectivity index (χ2v) is 7.60. The predicted molar refractivity (Wildman–Crippen MR) is 86.9 cm³/mol. The van der Waals surface area contributed by atoms with Crippen molar-refractivity contribution in [2.24, 2.45) is 5.92 Å². The zero-order valence-corrected chi connectivity index (χ0v) is 14.1. The van der Waals surface area contributed by atoms with Gasteiger partial charge in [0.05, 0.1) is 5.92 Å². The first-order valence-corrected chi connectivity index (χ1v) is 8.30. The largest absolute Gasteiger partial charge is 0.353 e. The van der Waals surface area contributed by atoms with Crippen molar-refractivity contribution in [3.63, 3.8) is 0 Å². The second kappa shape index (κ2) is 5.21. The molecular formula is C14H16Cl2N6O. The van der Waals surface area contributed by atoms with Crippen LogP contribution >= 0.6 is 23.2 Å². The molecule has 0 aromatic carbocycles. The number of hydrogen-bond donors (Lipinski definition) is 0. The molecule has 1 atom stereocenters. The lowest BCUT2D eigenvalue weighted by Crippen LogP contribution is -2.50. The fraction of sp³-hybridized carbons (Fsp3) is 0.571. The van der Waals surface area contributed by atoms with E-state index in [9.17, 15) is 4.79 Å². The molecule has 0 bridgehead atoms. The first-order valence-electron chi connectivity index (χ1n) is 7.55. The Balaban J connectivity index is 1.49. The van der Waals surface area contributed by atoms with E-state index in [-0.39, 0.29) is 11.8 Å². The number of carbonyl (C=O) groups is 1. The van der Waals surface area contributed by atoms with Crippen molar-refractivity contribution in [3.05, 3.63) is 18.1 Å². The number of carbonyl (C=O) groups excluding carboxylic acids is 1. The van der Waals surface area contributed by atoms with Gasteiger partial charge >= 0.3 is 0 Å². The SMILES string of the molecule is Cc1cc(N2CCN(C(=O)C3CC3(Cl)Cl)CC2)n2ncnc2n1. The van der Waals surface area contributed by atoms with Crippen LogP contribution in [0, 0.1) is 12.8 Å². The number of halogens is 2. The highest BCUT2D eigenvalue weighted by atomic mass is 35.5. The molecule has 0 N–H and O–H groups in total. The van der Waals surface area contributed by atoms with Crippen LogP contribution in [-0.2, 0) is 4.79 Å². The van der Waals surface area contributed by atoms with Gasteiger partial charge < -0.3 is 9.80 Å². The van der Waals surface area contributed by atoms with Crippen molar-refractivity contribution in [2.75, 3.05) is 31.1 Å². The summed E-state index contributed by atoms with van der Waals surface area (Å²) in [4.78, 5) is 24.9. The lowest BCUT2D eigenvalue weighted by atomic mass is 10.2. The van der Waals surface area contributed by atoms with Gasteiger partial charge in [-0.3, -0.25) is 4.79 Å². The summed E-state index contributed by atoms with van der Waals surface area (Å²) in [7, 11) is 0. The fourth-order valence-electron chi connectivity index (χ4n) is 2.99. The summed E-state index contributed by atoms with van der Waals surface area (Å²) in [6, 6.07) is 1.99. The third-order valence-corrected chi connectivity index (χ3v) is 5.24. The van der Waals surface area contributed by atoms with Gasteiger partial charge in [-0.15, -0.1) is 23.2 Å². The highest BCUT2D eigenvalue weighted by Crippen LogP contribution is 2.53. The Labute approximate surface area is 143 Å². The summed E-state index contributed by atoms with van der Waals surface area (Å²) < 4.78 is 0.872. The maximum Gasteiger partial charge on any atom is 0.254 e. The monoisotopic (exact) mass is 354 g/mol. The summed E-state index contributed by atoms with van der Waals surface area (Å²) in [5.41, 5.74) is 0.894. The number of fused-ring (bicyclic) bond motifs is 1. The van der Waals surface area contributed by atoms with Gasteiger partial charge in [0.2, 0.25) is 5.91 Å². The topological polar surface area (TPSA) is 66.6 Å². The predicted octanol–water partition coefficient (Wildman–Crippen LogP) is 1.28. The van der Waals surface area contributed by atoms with Gasteiger partial charge in [0.1, 0.15) is 16.5 Å². The van der Waals surface area contributed by atoms with Crippen LogP contribution in [0.4, 0.5) is 5.82 Å². The van der Waals surface area contributed by atoms with E-state index in [0.717, 1.165) is 24.6 Å². The van der Waals surface area contributed by atoms with Crippen molar-refractivity contribution in [3.8, 4) is 0 Å². The molecule has 2 aromatic heterocycles. The third-order valence-electron chi connectivity index (χ3n) is 4.40. The van der Waals surface area contributed by atoms with E-state index >= 15 is 0 Å². The molecule has 3 heterocycles. The van der Waals surface area contributed by atoms with Crippen LogP contribution in [0.2, 0.25) is 0 Å². The van der Waals surface area contributed by atoms with Gasteiger partial charge in [-0.25, -0.2) is 4.98 Å². The summed E-state index contributed by atoms with van der Waals surface area (Å²) in [5.74, 6) is 1.35. The molecule has 1 aliphatic carbocycles. The van der Waals surface area contributed by atoms with Crippen molar-refractivity contribution < 1.29 is 4.79 Å². The Morgan fingerprint density at radius 3 is 2.65 bits per heavy atom. The zero-order chi connectivity index (χ0) is 16.2. The van der Waals surface area contributed by atoms with Crippen molar-refractivity contribution >= 4 is 40.7 Å². The van der Waals surface area contributed by atoms with Crippen molar-refractivity contribution in [2.45, 2.75) is 17.7 Å². The van der Waals surface area contributed by atoms with E-state index in [0.29, 0.717) is 25.3 Å². The molecule has 9 heteroatoms. The van der Waals surface area contributed by atoms with E-state index in [2.05, 4.69) is 20.0 Å². The van der Waals surface area contributed by atoms with Gasteiger partial charge in [0.15, 0.2) is 0 Å². The zero-order valence-electron chi connectivity index (χ0n) is 12.6. The van der Waals surface area contributed by atoms with E-state index in [1.165, 1.54) is 6.33 Å². The summed E-state index contributed by atoms with van der Waals surface area (Å²) in [6.07, 6.45) is 2.05. The molecule has 4 rings (SSSR count). The molecule has 1 saturated carbocycles. The molecule has 1 amide bonds. The van der Waals surface area contributed by atoms with Crippen LogP contribution < -0.4 is 4.90 Å². The fourth-order valence-corrected chi connectivity index (χ4v) is 3.49. The molecule has 23 heavy (non-hydrogen) atoms. The molecule has 2 aromatic rings. The normalized spacial score (nSPS) is 23.3. The lowest BCUT2D eigenvalue weighted by molar-refractivity contribution is -0.132. The van der Waals surface area contributed by atoms with Crippen molar-refractivity contribution in [1.29, 1.82) is 0 Å². The van der Waals surface area contributed by atoms with Gasteiger partial charge in [0.25, 0.3) is 5.78 Å². The molecule has 0 spiro atoms. The molecule has 122 valence electrons. The third kappa shape index (κ3) is 2.61. The number of rotatable bonds is 2. The number of nitrogens with zero attached hydrogens (tertiary/aromatic N) is 6. The van der Waals surface area contributed by atoms with Gasteiger partial charge in [-0.2, -0.15) is 14.6 Å². The average Bonchev–Trinajstić information content (AvgIpc) is 2.94. The van der Waals surface area contributed by atoms with Crippen LogP contribution in [0.1, 0.15) is 12.1 Å². The maximum absolute atomic E-state index is 12.3. The molecule has 1 saturated heterocycles. The number of alkyl halides is 2. The summed E-state index contributed by atoms with van der Waals surface area (Å²) in [5, 5.41) is 4.23. The number of amides is 1. The molecule has 7 nitrogen and oxygen atoms in total. The number of anilines is 1. The first-order chi connectivity index (χ1) is 11.0. The minimum atomic E-state index is -0.858. The van der Waals surface area contributed by atoms with E-state index < -0.39 is 4.33 Å². The maximum atomic E-state index is 12.3. The quantitative estimate of drug-likeness (QED) is 0.760.